The summed E-state index contributed by atoms with van der Waals surface area (Å²) < 4.78 is 26.8. The average molecular weight is 299 g/mol. The number of para-hydroxylation sites is 1. The molecule has 1 fully saturated rings. The Balaban J connectivity index is 2.02. The van der Waals surface area contributed by atoms with Gasteiger partial charge in [-0.1, -0.05) is 6.07 Å². The topological polar surface area (TPSA) is 36.3 Å². The molecule has 1 aliphatic heterocycles. The minimum atomic E-state index is -0.333. The minimum Gasteiger partial charge on any atom is -0.376 e. The normalized spacial score (nSPS) is 21.2. The molecule has 2 unspecified atom stereocenters. The van der Waals surface area contributed by atoms with Gasteiger partial charge in [0, 0.05) is 0 Å². The lowest BCUT2D eigenvalue weighted by Gasteiger charge is -2.24. The van der Waals surface area contributed by atoms with E-state index in [1.54, 1.807) is 6.07 Å². The van der Waals surface area contributed by atoms with E-state index < -0.39 is 0 Å². The molecule has 1 saturated heterocycles. The Morgan fingerprint density at radius 3 is 3.05 bits per heavy atom. The summed E-state index contributed by atoms with van der Waals surface area (Å²) in [5.74, 6) is 0.321. The van der Waals surface area contributed by atoms with Crippen LogP contribution in [0, 0.1) is 5.82 Å². The molecule has 0 spiro atoms. The lowest BCUT2D eigenvalue weighted by molar-refractivity contribution is -0.0934. The molecule has 4 nitrogen and oxygen atoms in total. The van der Waals surface area contributed by atoms with Crippen LogP contribution in [0.5, 0.6) is 0 Å². The first-order valence-corrected chi connectivity index (χ1v) is 7.08. The molecule has 1 aliphatic rings. The van der Waals surface area contributed by atoms with Crippen LogP contribution in [0.4, 0.5) is 4.39 Å². The number of aromatic nitrogens is 2. The second-order valence-corrected chi connectivity index (χ2v) is 5.53. The van der Waals surface area contributed by atoms with Crippen molar-refractivity contribution in [3.8, 4) is 0 Å². The van der Waals surface area contributed by atoms with Gasteiger partial charge in [0.05, 0.1) is 43.4 Å². The number of ether oxygens (including phenoxy) is 2. The molecule has 0 aliphatic carbocycles. The lowest BCUT2D eigenvalue weighted by Crippen LogP contribution is -2.32. The van der Waals surface area contributed by atoms with Gasteiger partial charge in [0.15, 0.2) is 5.82 Å². The van der Waals surface area contributed by atoms with Crippen molar-refractivity contribution in [2.24, 2.45) is 0 Å². The molecule has 2 heterocycles. The Hall–Kier alpha value is -1.17. The van der Waals surface area contributed by atoms with Crippen LogP contribution in [0.15, 0.2) is 18.2 Å². The highest BCUT2D eigenvalue weighted by molar-refractivity contribution is 6.20. The predicted molar refractivity (Wildman–Crippen MR) is 74.5 cm³/mol. The van der Waals surface area contributed by atoms with Crippen LogP contribution >= 0.6 is 11.6 Å². The first-order valence-electron chi connectivity index (χ1n) is 6.65. The highest BCUT2D eigenvalue weighted by atomic mass is 35.5. The number of rotatable bonds is 3. The highest BCUT2D eigenvalue weighted by Crippen LogP contribution is 2.26. The van der Waals surface area contributed by atoms with Crippen molar-refractivity contribution in [2.75, 3.05) is 19.8 Å². The smallest absolute Gasteiger partial charge is 0.151 e. The van der Waals surface area contributed by atoms with E-state index in [4.69, 9.17) is 21.1 Å². The zero-order valence-corrected chi connectivity index (χ0v) is 11.9. The molecular formula is C14H16ClFN2O2. The zero-order chi connectivity index (χ0) is 14.1. The third-order valence-corrected chi connectivity index (χ3v) is 3.58. The van der Waals surface area contributed by atoms with Gasteiger partial charge in [-0.05, 0) is 19.1 Å². The molecule has 0 N–H and O–H groups in total. The second-order valence-electron chi connectivity index (χ2n) is 4.87. The van der Waals surface area contributed by atoms with Crippen LogP contribution in [0.1, 0.15) is 18.1 Å². The van der Waals surface area contributed by atoms with E-state index in [9.17, 15) is 4.39 Å². The number of fused-ring (bicyclic) bond motifs is 1. The maximum absolute atomic E-state index is 13.8. The molecule has 6 heteroatoms. The molecule has 108 valence electrons. The quantitative estimate of drug-likeness (QED) is 0.818. The fraction of sp³-hybridized carbons (Fsp3) is 0.500. The Morgan fingerprint density at radius 2 is 2.35 bits per heavy atom. The van der Waals surface area contributed by atoms with Gasteiger partial charge in [0.25, 0.3) is 0 Å². The number of alkyl halides is 1. The average Bonchev–Trinajstić information content (AvgIpc) is 2.81. The van der Waals surface area contributed by atoms with Gasteiger partial charge in [-0.25, -0.2) is 9.37 Å². The summed E-state index contributed by atoms with van der Waals surface area (Å²) in [5, 5.41) is -0.300. The van der Waals surface area contributed by atoms with Crippen molar-refractivity contribution in [3.63, 3.8) is 0 Å². The van der Waals surface area contributed by atoms with Gasteiger partial charge in [0.2, 0.25) is 0 Å². The summed E-state index contributed by atoms with van der Waals surface area (Å²) in [5.41, 5.74) is 1.09. The SMILES string of the molecule is CC(Cl)c1nc2c(F)cccc2n1CC1COCCO1. The molecule has 2 atom stereocenters. The third-order valence-electron chi connectivity index (χ3n) is 3.39. The van der Waals surface area contributed by atoms with E-state index in [2.05, 4.69) is 4.98 Å². The van der Waals surface area contributed by atoms with Gasteiger partial charge >= 0.3 is 0 Å². The fourth-order valence-corrected chi connectivity index (χ4v) is 2.64. The van der Waals surface area contributed by atoms with E-state index in [-0.39, 0.29) is 17.3 Å². The largest absolute Gasteiger partial charge is 0.376 e. The first-order chi connectivity index (χ1) is 9.66. The molecule has 0 radical (unpaired) electrons. The molecule has 1 aromatic carbocycles. The standard InChI is InChI=1S/C14H16ClFN2O2/c1-9(15)14-17-13-11(16)3-2-4-12(13)18(14)7-10-8-19-5-6-20-10/h2-4,9-10H,5-8H2,1H3. The summed E-state index contributed by atoms with van der Waals surface area (Å²) in [6.07, 6.45) is -0.0569. The van der Waals surface area contributed by atoms with Crippen LogP contribution in [-0.4, -0.2) is 35.5 Å². The van der Waals surface area contributed by atoms with E-state index in [1.807, 2.05) is 17.6 Å². The van der Waals surface area contributed by atoms with E-state index in [1.165, 1.54) is 6.07 Å². The molecule has 0 amide bonds. The number of nitrogens with zero attached hydrogens (tertiary/aromatic N) is 2. The van der Waals surface area contributed by atoms with Crippen molar-refractivity contribution < 1.29 is 13.9 Å². The number of hydrogen-bond donors (Lipinski definition) is 0. The van der Waals surface area contributed by atoms with Crippen molar-refractivity contribution in [2.45, 2.75) is 24.9 Å². The predicted octanol–water partition coefficient (Wildman–Crippen LogP) is 2.89. The van der Waals surface area contributed by atoms with Crippen LogP contribution in [0.25, 0.3) is 11.0 Å². The Labute approximate surface area is 121 Å². The highest BCUT2D eigenvalue weighted by Gasteiger charge is 2.22. The summed E-state index contributed by atoms with van der Waals surface area (Å²) in [6.45, 7) is 4.12. The molecule has 0 saturated carbocycles. The van der Waals surface area contributed by atoms with Gasteiger partial charge in [-0.15, -0.1) is 11.6 Å². The van der Waals surface area contributed by atoms with Crippen LogP contribution in [-0.2, 0) is 16.0 Å². The second kappa shape index (κ2) is 5.68. The summed E-state index contributed by atoms with van der Waals surface area (Å²) in [7, 11) is 0. The maximum atomic E-state index is 13.8. The van der Waals surface area contributed by atoms with Gasteiger partial charge in [-0.2, -0.15) is 0 Å². The number of benzene rings is 1. The number of imidazole rings is 1. The number of halogens is 2. The Bertz CT molecular complexity index is 608. The van der Waals surface area contributed by atoms with E-state index in [0.717, 1.165) is 5.52 Å². The molecule has 2 aromatic rings. The Kier molecular flexibility index (Phi) is 3.92. The Morgan fingerprint density at radius 1 is 1.50 bits per heavy atom. The van der Waals surface area contributed by atoms with Crippen molar-refractivity contribution in [1.29, 1.82) is 0 Å². The number of hydrogen-bond acceptors (Lipinski definition) is 3. The van der Waals surface area contributed by atoms with Gasteiger partial charge in [-0.3, -0.25) is 0 Å². The van der Waals surface area contributed by atoms with Gasteiger partial charge < -0.3 is 14.0 Å². The molecule has 0 bridgehead atoms. The summed E-state index contributed by atoms with van der Waals surface area (Å²) in [6, 6.07) is 4.93. The lowest BCUT2D eigenvalue weighted by atomic mass is 10.3. The van der Waals surface area contributed by atoms with E-state index in [0.29, 0.717) is 37.7 Å². The summed E-state index contributed by atoms with van der Waals surface area (Å²) >= 11 is 6.17. The zero-order valence-electron chi connectivity index (χ0n) is 11.2. The van der Waals surface area contributed by atoms with Crippen molar-refractivity contribution in [1.82, 2.24) is 9.55 Å². The fourth-order valence-electron chi connectivity index (χ4n) is 2.47. The van der Waals surface area contributed by atoms with Crippen molar-refractivity contribution in [3.05, 3.63) is 29.8 Å². The molecule has 1 aromatic heterocycles. The maximum Gasteiger partial charge on any atom is 0.151 e. The van der Waals surface area contributed by atoms with Gasteiger partial charge in [0.1, 0.15) is 11.3 Å². The van der Waals surface area contributed by atoms with E-state index >= 15 is 0 Å². The minimum absolute atomic E-state index is 0.0569. The monoisotopic (exact) mass is 298 g/mol. The van der Waals surface area contributed by atoms with Crippen LogP contribution in [0.3, 0.4) is 0 Å². The van der Waals surface area contributed by atoms with Crippen LogP contribution < -0.4 is 0 Å². The van der Waals surface area contributed by atoms with Crippen molar-refractivity contribution >= 4 is 22.6 Å². The summed E-state index contributed by atoms with van der Waals surface area (Å²) in [4.78, 5) is 4.34. The molecule has 3 rings (SSSR count). The molecular weight excluding hydrogens is 283 g/mol. The van der Waals surface area contributed by atoms with Crippen LogP contribution in [0.2, 0.25) is 0 Å². The third kappa shape index (κ3) is 2.53. The molecule has 20 heavy (non-hydrogen) atoms. The first kappa shape index (κ1) is 13.8.